The highest BCUT2D eigenvalue weighted by Crippen LogP contribution is 2.27. The standard InChI is InChI=1S/C22H19FO2/c1-15-7-6-10-19(13-15)25-22(24)16(2)18-11-12-20(21(23)14-18)17-8-4-3-5-9-17/h3-14,16H,1-2H3/t16-/m1/s1. The van der Waals surface area contributed by atoms with Crippen LogP contribution in [0.3, 0.4) is 0 Å². The van der Waals surface area contributed by atoms with E-state index >= 15 is 0 Å². The van der Waals surface area contributed by atoms with Crippen LogP contribution in [0.4, 0.5) is 4.39 Å². The van der Waals surface area contributed by atoms with Gasteiger partial charge in [0.05, 0.1) is 5.92 Å². The summed E-state index contributed by atoms with van der Waals surface area (Å²) >= 11 is 0. The Bertz CT molecular complexity index is 888. The Hall–Kier alpha value is -2.94. The fourth-order valence-electron chi connectivity index (χ4n) is 2.67. The van der Waals surface area contributed by atoms with Gasteiger partial charge in [0, 0.05) is 5.56 Å². The van der Waals surface area contributed by atoms with E-state index in [-0.39, 0.29) is 5.82 Å². The summed E-state index contributed by atoms with van der Waals surface area (Å²) in [5.74, 6) is -0.811. The Labute approximate surface area is 146 Å². The molecule has 0 N–H and O–H groups in total. The van der Waals surface area contributed by atoms with Gasteiger partial charge in [-0.15, -0.1) is 0 Å². The molecule has 0 amide bonds. The minimum Gasteiger partial charge on any atom is -0.426 e. The van der Waals surface area contributed by atoms with E-state index in [2.05, 4.69) is 0 Å². The summed E-state index contributed by atoms with van der Waals surface area (Å²) in [4.78, 5) is 12.3. The molecule has 25 heavy (non-hydrogen) atoms. The first-order valence-electron chi connectivity index (χ1n) is 8.18. The number of esters is 1. The number of ether oxygens (including phenoxy) is 1. The topological polar surface area (TPSA) is 26.3 Å². The first kappa shape index (κ1) is 16.9. The molecule has 0 fully saturated rings. The van der Waals surface area contributed by atoms with Crippen molar-refractivity contribution in [1.29, 1.82) is 0 Å². The first-order chi connectivity index (χ1) is 12.0. The molecule has 0 heterocycles. The second-order valence-electron chi connectivity index (χ2n) is 6.06. The van der Waals surface area contributed by atoms with Crippen molar-refractivity contribution in [3.63, 3.8) is 0 Å². The zero-order chi connectivity index (χ0) is 17.8. The van der Waals surface area contributed by atoms with Crippen molar-refractivity contribution in [2.75, 3.05) is 0 Å². The summed E-state index contributed by atoms with van der Waals surface area (Å²) in [6.45, 7) is 3.65. The van der Waals surface area contributed by atoms with Crippen LogP contribution >= 0.6 is 0 Å². The first-order valence-corrected chi connectivity index (χ1v) is 8.18. The Balaban J connectivity index is 1.79. The molecule has 0 aliphatic carbocycles. The van der Waals surface area contributed by atoms with Crippen LogP contribution in [0.1, 0.15) is 24.0 Å². The van der Waals surface area contributed by atoms with Gasteiger partial charge in [0.15, 0.2) is 0 Å². The largest absolute Gasteiger partial charge is 0.426 e. The van der Waals surface area contributed by atoms with E-state index in [0.29, 0.717) is 16.9 Å². The van der Waals surface area contributed by atoms with Crippen molar-refractivity contribution >= 4 is 5.97 Å². The van der Waals surface area contributed by atoms with E-state index < -0.39 is 11.9 Å². The predicted molar refractivity (Wildman–Crippen MR) is 97.1 cm³/mol. The third kappa shape index (κ3) is 3.94. The molecule has 3 heteroatoms. The van der Waals surface area contributed by atoms with Gasteiger partial charge in [0.1, 0.15) is 11.6 Å². The highest BCUT2D eigenvalue weighted by molar-refractivity contribution is 5.80. The Morgan fingerprint density at radius 3 is 2.40 bits per heavy atom. The number of carbonyl (C=O) groups excluding carboxylic acids is 1. The monoisotopic (exact) mass is 334 g/mol. The number of carbonyl (C=O) groups is 1. The lowest BCUT2D eigenvalue weighted by Crippen LogP contribution is -2.16. The fraction of sp³-hybridized carbons (Fsp3) is 0.136. The van der Waals surface area contributed by atoms with Crippen LogP contribution < -0.4 is 4.74 Å². The van der Waals surface area contributed by atoms with Gasteiger partial charge in [-0.1, -0.05) is 54.6 Å². The number of benzene rings is 3. The van der Waals surface area contributed by atoms with E-state index in [1.165, 1.54) is 6.07 Å². The van der Waals surface area contributed by atoms with Crippen molar-refractivity contribution in [3.05, 3.63) is 89.7 Å². The summed E-state index contributed by atoms with van der Waals surface area (Å²) in [5.41, 5.74) is 2.93. The maximum atomic E-state index is 14.5. The van der Waals surface area contributed by atoms with Gasteiger partial charge >= 0.3 is 5.97 Å². The number of rotatable bonds is 4. The van der Waals surface area contributed by atoms with Crippen LogP contribution in [-0.2, 0) is 4.79 Å². The van der Waals surface area contributed by atoms with Crippen molar-refractivity contribution in [1.82, 2.24) is 0 Å². The number of halogens is 1. The molecule has 0 saturated carbocycles. The average molecular weight is 334 g/mol. The van der Waals surface area contributed by atoms with E-state index in [4.69, 9.17) is 4.74 Å². The normalized spacial score (nSPS) is 11.8. The highest BCUT2D eigenvalue weighted by Gasteiger charge is 2.19. The molecule has 3 aromatic carbocycles. The zero-order valence-electron chi connectivity index (χ0n) is 14.2. The molecule has 126 valence electrons. The number of aryl methyl sites for hydroxylation is 1. The van der Waals surface area contributed by atoms with Gasteiger partial charge in [-0.3, -0.25) is 4.79 Å². The molecule has 2 nitrogen and oxygen atoms in total. The Kier molecular flexibility index (Phi) is 4.94. The quantitative estimate of drug-likeness (QED) is 0.464. The molecular weight excluding hydrogens is 315 g/mol. The molecule has 0 unspecified atom stereocenters. The lowest BCUT2D eigenvalue weighted by atomic mass is 9.97. The van der Waals surface area contributed by atoms with E-state index in [0.717, 1.165) is 11.1 Å². The molecule has 0 spiro atoms. The van der Waals surface area contributed by atoms with E-state index in [1.807, 2.05) is 49.4 Å². The summed E-state index contributed by atoms with van der Waals surface area (Å²) in [7, 11) is 0. The minimum atomic E-state index is -0.556. The van der Waals surface area contributed by atoms with Crippen LogP contribution in [-0.4, -0.2) is 5.97 Å². The maximum Gasteiger partial charge on any atom is 0.318 e. The molecule has 3 aromatic rings. The van der Waals surface area contributed by atoms with Crippen LogP contribution in [0.15, 0.2) is 72.8 Å². The van der Waals surface area contributed by atoms with Crippen LogP contribution in [0, 0.1) is 12.7 Å². The molecule has 3 rings (SSSR count). The fourth-order valence-corrected chi connectivity index (χ4v) is 2.67. The van der Waals surface area contributed by atoms with Gasteiger partial charge in [-0.05, 0) is 48.7 Å². The summed E-state index contributed by atoms with van der Waals surface area (Å²) in [6.07, 6.45) is 0. The minimum absolute atomic E-state index is 0.348. The molecular formula is C22H19FO2. The average Bonchev–Trinajstić information content (AvgIpc) is 2.61. The second kappa shape index (κ2) is 7.31. The molecule has 0 radical (unpaired) electrons. The summed E-state index contributed by atoms with van der Waals surface area (Å²) < 4.78 is 19.9. The maximum absolute atomic E-state index is 14.5. The van der Waals surface area contributed by atoms with Crippen LogP contribution in [0.25, 0.3) is 11.1 Å². The summed E-state index contributed by atoms with van der Waals surface area (Å²) in [5, 5.41) is 0. The SMILES string of the molecule is Cc1cccc(OC(=O)[C@H](C)c2ccc(-c3ccccc3)c(F)c2)c1. The Morgan fingerprint density at radius 2 is 1.72 bits per heavy atom. The third-order valence-corrected chi connectivity index (χ3v) is 4.14. The molecule has 0 aliphatic rings. The lowest BCUT2D eigenvalue weighted by Gasteiger charge is -2.13. The molecule has 0 aromatic heterocycles. The number of hydrogen-bond donors (Lipinski definition) is 0. The van der Waals surface area contributed by atoms with Crippen molar-refractivity contribution in [2.24, 2.45) is 0 Å². The second-order valence-corrected chi connectivity index (χ2v) is 6.06. The van der Waals surface area contributed by atoms with Crippen molar-refractivity contribution in [2.45, 2.75) is 19.8 Å². The van der Waals surface area contributed by atoms with Crippen LogP contribution in [0.2, 0.25) is 0 Å². The predicted octanol–water partition coefficient (Wildman–Crippen LogP) is 5.51. The molecule has 0 bridgehead atoms. The van der Waals surface area contributed by atoms with Crippen LogP contribution in [0.5, 0.6) is 5.75 Å². The van der Waals surface area contributed by atoms with Gasteiger partial charge in [0.25, 0.3) is 0 Å². The molecule has 0 saturated heterocycles. The van der Waals surface area contributed by atoms with Crippen molar-refractivity contribution in [3.8, 4) is 16.9 Å². The molecule has 0 aliphatic heterocycles. The zero-order valence-corrected chi connectivity index (χ0v) is 14.2. The van der Waals surface area contributed by atoms with E-state index in [1.54, 1.807) is 31.2 Å². The van der Waals surface area contributed by atoms with Gasteiger partial charge < -0.3 is 4.74 Å². The summed E-state index contributed by atoms with van der Waals surface area (Å²) in [6, 6.07) is 21.5. The van der Waals surface area contributed by atoms with Gasteiger partial charge in [-0.25, -0.2) is 4.39 Å². The van der Waals surface area contributed by atoms with Crippen molar-refractivity contribution < 1.29 is 13.9 Å². The van der Waals surface area contributed by atoms with E-state index in [9.17, 15) is 9.18 Å². The molecule has 1 atom stereocenters. The third-order valence-electron chi connectivity index (χ3n) is 4.14. The highest BCUT2D eigenvalue weighted by atomic mass is 19.1. The Morgan fingerprint density at radius 1 is 0.960 bits per heavy atom. The lowest BCUT2D eigenvalue weighted by molar-refractivity contribution is -0.135. The van der Waals surface area contributed by atoms with Gasteiger partial charge in [-0.2, -0.15) is 0 Å². The van der Waals surface area contributed by atoms with Gasteiger partial charge in [0.2, 0.25) is 0 Å². The smallest absolute Gasteiger partial charge is 0.318 e. The number of hydrogen-bond acceptors (Lipinski definition) is 2.